The quantitative estimate of drug-likeness (QED) is 0.730. The van der Waals surface area contributed by atoms with Crippen LogP contribution in [0.25, 0.3) is 22.4 Å². The first kappa shape index (κ1) is 15.0. The minimum Gasteiger partial charge on any atom is -0.376 e. The van der Waals surface area contributed by atoms with Crippen LogP contribution in [-0.2, 0) is 11.3 Å². The Hall–Kier alpha value is -2.53. The molecule has 4 rings (SSSR count). The number of hydrogen-bond acceptors (Lipinski definition) is 3. The summed E-state index contributed by atoms with van der Waals surface area (Å²) in [6.07, 6.45) is 7.27. The van der Waals surface area contributed by atoms with Crippen molar-refractivity contribution in [2.75, 3.05) is 6.61 Å². The van der Waals surface area contributed by atoms with Gasteiger partial charge < -0.3 is 4.74 Å². The van der Waals surface area contributed by atoms with E-state index in [0.29, 0.717) is 5.56 Å². The van der Waals surface area contributed by atoms with Crippen LogP contribution >= 0.6 is 0 Å². The molecule has 1 fully saturated rings. The normalized spacial score (nSPS) is 17.3. The molecule has 2 aromatic heterocycles. The minimum absolute atomic E-state index is 0.259. The van der Waals surface area contributed by atoms with Crippen LogP contribution in [0, 0.1) is 5.82 Å². The van der Waals surface area contributed by atoms with Crippen LogP contribution in [0.5, 0.6) is 0 Å². The fourth-order valence-corrected chi connectivity index (χ4v) is 3.07. The van der Waals surface area contributed by atoms with Gasteiger partial charge in [0.2, 0.25) is 0 Å². The highest BCUT2D eigenvalue weighted by Crippen LogP contribution is 2.27. The van der Waals surface area contributed by atoms with Gasteiger partial charge in [0.1, 0.15) is 5.82 Å². The van der Waals surface area contributed by atoms with Crippen LogP contribution in [0.1, 0.15) is 12.8 Å². The van der Waals surface area contributed by atoms with Gasteiger partial charge >= 0.3 is 0 Å². The second-order valence-electron chi connectivity index (χ2n) is 5.99. The number of nitrogens with zero attached hydrogens (tertiary/aromatic N) is 3. The predicted molar refractivity (Wildman–Crippen MR) is 89.8 cm³/mol. The van der Waals surface area contributed by atoms with Crippen molar-refractivity contribution in [2.24, 2.45) is 0 Å². The maximum Gasteiger partial charge on any atom is 0.149 e. The maximum atomic E-state index is 13.9. The molecule has 3 aromatic rings. The van der Waals surface area contributed by atoms with Crippen LogP contribution in [0.4, 0.5) is 4.39 Å². The van der Waals surface area contributed by atoms with E-state index in [1.165, 1.54) is 6.20 Å². The Balaban J connectivity index is 1.59. The van der Waals surface area contributed by atoms with E-state index in [2.05, 4.69) is 10.1 Å². The largest absolute Gasteiger partial charge is 0.376 e. The minimum atomic E-state index is -0.321. The Morgan fingerprint density at radius 3 is 2.96 bits per heavy atom. The number of halogens is 1. The molecule has 1 saturated heterocycles. The van der Waals surface area contributed by atoms with Gasteiger partial charge in [-0.15, -0.1) is 0 Å². The van der Waals surface area contributed by atoms with Crippen molar-refractivity contribution in [1.29, 1.82) is 0 Å². The lowest BCUT2D eigenvalue weighted by atomic mass is 10.0. The van der Waals surface area contributed by atoms with Crippen LogP contribution in [0.2, 0.25) is 0 Å². The molecule has 0 amide bonds. The zero-order valence-corrected chi connectivity index (χ0v) is 13.2. The summed E-state index contributed by atoms with van der Waals surface area (Å²) in [6, 6.07) is 11.4. The van der Waals surface area contributed by atoms with Crippen molar-refractivity contribution in [3.05, 3.63) is 60.8 Å². The first-order valence-electron chi connectivity index (χ1n) is 8.15. The smallest absolute Gasteiger partial charge is 0.149 e. The molecular formula is C19H18FN3O. The molecule has 0 saturated carbocycles. The fraction of sp³-hybridized carbons (Fsp3) is 0.263. The van der Waals surface area contributed by atoms with Gasteiger partial charge in [0.05, 0.1) is 24.5 Å². The predicted octanol–water partition coefficient (Wildman–Crippen LogP) is 3.93. The molecule has 1 aliphatic heterocycles. The third-order valence-corrected chi connectivity index (χ3v) is 4.30. The van der Waals surface area contributed by atoms with Crippen LogP contribution in [-0.4, -0.2) is 27.5 Å². The second kappa shape index (κ2) is 6.53. The molecule has 0 bridgehead atoms. The molecule has 0 spiro atoms. The van der Waals surface area contributed by atoms with E-state index < -0.39 is 0 Å². The SMILES string of the molecule is Fc1cnccc1-c1cccc(-c2ccn(CC3CCCO3)n2)c1. The van der Waals surface area contributed by atoms with E-state index in [-0.39, 0.29) is 11.9 Å². The Morgan fingerprint density at radius 1 is 1.21 bits per heavy atom. The summed E-state index contributed by atoms with van der Waals surface area (Å²) >= 11 is 0. The molecule has 0 radical (unpaired) electrons. The molecule has 4 nitrogen and oxygen atoms in total. The third kappa shape index (κ3) is 3.08. The number of aromatic nitrogens is 3. The van der Waals surface area contributed by atoms with E-state index in [4.69, 9.17) is 4.74 Å². The lowest BCUT2D eigenvalue weighted by molar-refractivity contribution is 0.0940. The van der Waals surface area contributed by atoms with Crippen LogP contribution in [0.15, 0.2) is 55.0 Å². The van der Waals surface area contributed by atoms with Crippen molar-refractivity contribution in [2.45, 2.75) is 25.5 Å². The zero-order chi connectivity index (χ0) is 16.4. The number of ether oxygens (including phenoxy) is 1. The standard InChI is InChI=1S/C19H18FN3O/c20-18-12-21-8-6-17(18)14-3-1-4-15(11-14)19-7-9-23(22-19)13-16-5-2-10-24-16/h1,3-4,6-9,11-12,16H,2,5,10,13H2. The van der Waals surface area contributed by atoms with Crippen LogP contribution < -0.4 is 0 Å². The molecule has 24 heavy (non-hydrogen) atoms. The Bertz CT molecular complexity index is 840. The van der Waals surface area contributed by atoms with Gasteiger partial charge in [0, 0.05) is 30.1 Å². The van der Waals surface area contributed by atoms with Crippen LogP contribution in [0.3, 0.4) is 0 Å². The summed E-state index contributed by atoms with van der Waals surface area (Å²) in [6.45, 7) is 1.62. The van der Waals surface area contributed by atoms with Gasteiger partial charge in [-0.2, -0.15) is 5.10 Å². The summed E-state index contributed by atoms with van der Waals surface area (Å²) in [5, 5.41) is 4.63. The highest BCUT2D eigenvalue weighted by molar-refractivity contribution is 5.71. The van der Waals surface area contributed by atoms with Gasteiger partial charge in [-0.3, -0.25) is 9.67 Å². The topological polar surface area (TPSA) is 39.9 Å². The van der Waals surface area contributed by atoms with Crippen molar-refractivity contribution < 1.29 is 9.13 Å². The van der Waals surface area contributed by atoms with Crippen molar-refractivity contribution in [3.63, 3.8) is 0 Å². The average Bonchev–Trinajstić information content (AvgIpc) is 3.28. The van der Waals surface area contributed by atoms with Crippen molar-refractivity contribution in [1.82, 2.24) is 14.8 Å². The Labute approximate surface area is 139 Å². The molecule has 3 heterocycles. The third-order valence-electron chi connectivity index (χ3n) is 4.30. The molecule has 5 heteroatoms. The highest BCUT2D eigenvalue weighted by atomic mass is 19.1. The lowest BCUT2D eigenvalue weighted by Crippen LogP contribution is -2.15. The molecule has 0 aliphatic carbocycles. The first-order valence-corrected chi connectivity index (χ1v) is 8.15. The molecule has 122 valence electrons. The monoisotopic (exact) mass is 323 g/mol. The van der Waals surface area contributed by atoms with E-state index in [1.807, 2.05) is 41.2 Å². The average molecular weight is 323 g/mol. The van der Waals surface area contributed by atoms with Gasteiger partial charge in [-0.05, 0) is 36.6 Å². The van der Waals surface area contributed by atoms with E-state index >= 15 is 0 Å². The first-order chi connectivity index (χ1) is 11.8. The zero-order valence-electron chi connectivity index (χ0n) is 13.2. The summed E-state index contributed by atoms with van der Waals surface area (Å²) in [4.78, 5) is 3.80. The Kier molecular flexibility index (Phi) is 4.09. The fourth-order valence-electron chi connectivity index (χ4n) is 3.07. The molecule has 1 aromatic carbocycles. The summed E-state index contributed by atoms with van der Waals surface area (Å²) < 4.78 is 21.5. The highest BCUT2D eigenvalue weighted by Gasteiger charge is 2.16. The molecule has 1 aliphatic rings. The van der Waals surface area contributed by atoms with Crippen molar-refractivity contribution in [3.8, 4) is 22.4 Å². The molecular weight excluding hydrogens is 305 g/mol. The molecule has 1 unspecified atom stereocenters. The van der Waals surface area contributed by atoms with Gasteiger partial charge in [-0.25, -0.2) is 4.39 Å². The maximum absolute atomic E-state index is 13.9. The summed E-state index contributed by atoms with van der Waals surface area (Å²) in [5.41, 5.74) is 3.21. The number of rotatable bonds is 4. The lowest BCUT2D eigenvalue weighted by Gasteiger charge is -2.09. The second-order valence-corrected chi connectivity index (χ2v) is 5.99. The number of benzene rings is 1. The van der Waals surface area contributed by atoms with Gasteiger partial charge in [0.15, 0.2) is 0 Å². The summed E-state index contributed by atoms with van der Waals surface area (Å²) in [5.74, 6) is -0.321. The van der Waals surface area contributed by atoms with E-state index in [0.717, 1.165) is 42.8 Å². The molecule has 0 N–H and O–H groups in total. The Morgan fingerprint density at radius 2 is 2.12 bits per heavy atom. The van der Waals surface area contributed by atoms with E-state index in [1.54, 1.807) is 12.3 Å². The van der Waals surface area contributed by atoms with Gasteiger partial charge in [0.25, 0.3) is 0 Å². The van der Waals surface area contributed by atoms with E-state index in [9.17, 15) is 4.39 Å². The number of pyridine rings is 1. The molecule has 1 atom stereocenters. The summed E-state index contributed by atoms with van der Waals surface area (Å²) in [7, 11) is 0. The van der Waals surface area contributed by atoms with Gasteiger partial charge in [-0.1, -0.05) is 18.2 Å². The van der Waals surface area contributed by atoms with Crippen molar-refractivity contribution >= 4 is 0 Å². The number of hydrogen-bond donors (Lipinski definition) is 0.